The van der Waals surface area contributed by atoms with Gasteiger partial charge in [-0.05, 0) is 61.4 Å². The number of hydrogen-bond acceptors (Lipinski definition) is 3. The van der Waals surface area contributed by atoms with E-state index in [2.05, 4.69) is 53.5 Å². The topological polar surface area (TPSA) is 41.6 Å². The Balaban J connectivity index is 1.82. The standard InChI is InChI=1S/C22H26N2O2/c1-3-26-22(25)23-20-14-19-18(16-8-5-4-6-9-16)11-13-24-12-7-10-17(15(20)2)21(19)24/h4-6,8-9,14,18H,3,7,10-13H2,1-2H3,(H,23,25). The van der Waals surface area contributed by atoms with E-state index >= 15 is 0 Å². The lowest BCUT2D eigenvalue weighted by Gasteiger charge is -2.41. The molecule has 2 aliphatic rings. The lowest BCUT2D eigenvalue weighted by atomic mass is 9.79. The van der Waals surface area contributed by atoms with Gasteiger partial charge in [-0.2, -0.15) is 0 Å². The first-order valence-electron chi connectivity index (χ1n) is 9.59. The number of carbonyl (C=O) groups is 1. The zero-order valence-electron chi connectivity index (χ0n) is 15.5. The van der Waals surface area contributed by atoms with E-state index in [-0.39, 0.29) is 6.09 Å². The molecular formula is C22H26N2O2. The molecule has 2 aromatic rings. The minimum absolute atomic E-state index is 0.373. The Labute approximate surface area is 155 Å². The second kappa shape index (κ2) is 7.02. The number of amides is 1. The Morgan fingerprint density at radius 1 is 1.27 bits per heavy atom. The highest BCUT2D eigenvalue weighted by molar-refractivity contribution is 5.88. The highest BCUT2D eigenvalue weighted by Crippen LogP contribution is 2.46. The van der Waals surface area contributed by atoms with Crippen LogP contribution in [0.1, 0.15) is 47.9 Å². The van der Waals surface area contributed by atoms with Crippen molar-refractivity contribution < 1.29 is 9.53 Å². The molecule has 0 bridgehead atoms. The van der Waals surface area contributed by atoms with Gasteiger partial charge in [0.2, 0.25) is 0 Å². The van der Waals surface area contributed by atoms with E-state index in [9.17, 15) is 4.79 Å². The maximum atomic E-state index is 12.0. The van der Waals surface area contributed by atoms with Crippen molar-refractivity contribution in [2.75, 3.05) is 29.9 Å². The number of nitrogens with zero attached hydrogens (tertiary/aromatic N) is 1. The van der Waals surface area contributed by atoms with Gasteiger partial charge >= 0.3 is 6.09 Å². The van der Waals surface area contributed by atoms with Gasteiger partial charge in [-0.25, -0.2) is 4.79 Å². The third-order valence-corrected chi connectivity index (χ3v) is 5.66. The van der Waals surface area contributed by atoms with E-state index < -0.39 is 0 Å². The van der Waals surface area contributed by atoms with Crippen molar-refractivity contribution in [2.24, 2.45) is 0 Å². The summed E-state index contributed by atoms with van der Waals surface area (Å²) in [5.41, 5.74) is 7.56. The Morgan fingerprint density at radius 2 is 2.08 bits per heavy atom. The summed E-state index contributed by atoms with van der Waals surface area (Å²) in [5, 5.41) is 2.97. The molecule has 1 unspecified atom stereocenters. The van der Waals surface area contributed by atoms with Crippen molar-refractivity contribution in [3.05, 3.63) is 58.7 Å². The van der Waals surface area contributed by atoms with Gasteiger partial charge < -0.3 is 9.64 Å². The summed E-state index contributed by atoms with van der Waals surface area (Å²) in [4.78, 5) is 14.6. The summed E-state index contributed by atoms with van der Waals surface area (Å²) in [6.07, 6.45) is 2.98. The molecule has 0 saturated heterocycles. The molecule has 4 nitrogen and oxygen atoms in total. The molecule has 0 aromatic heterocycles. The number of ether oxygens (including phenoxy) is 1. The van der Waals surface area contributed by atoms with Crippen LogP contribution in [0.25, 0.3) is 0 Å². The Morgan fingerprint density at radius 3 is 2.85 bits per heavy atom. The number of hydrogen-bond donors (Lipinski definition) is 1. The van der Waals surface area contributed by atoms with Crippen molar-refractivity contribution in [1.29, 1.82) is 0 Å². The van der Waals surface area contributed by atoms with Gasteiger partial charge in [0, 0.05) is 30.4 Å². The maximum absolute atomic E-state index is 12.0. The minimum Gasteiger partial charge on any atom is -0.450 e. The summed E-state index contributed by atoms with van der Waals surface area (Å²) in [6, 6.07) is 12.9. The van der Waals surface area contributed by atoms with Gasteiger partial charge in [-0.15, -0.1) is 0 Å². The van der Waals surface area contributed by atoms with Crippen molar-refractivity contribution in [1.82, 2.24) is 0 Å². The number of anilines is 2. The molecule has 2 aromatic carbocycles. The normalized spacial score (nSPS) is 18.2. The van der Waals surface area contributed by atoms with Crippen molar-refractivity contribution in [3.63, 3.8) is 0 Å². The average molecular weight is 350 g/mol. The van der Waals surface area contributed by atoms with Gasteiger partial charge in [0.15, 0.2) is 0 Å². The number of nitrogens with one attached hydrogen (secondary N) is 1. The first-order valence-corrected chi connectivity index (χ1v) is 9.59. The number of benzene rings is 2. The lowest BCUT2D eigenvalue weighted by Crippen LogP contribution is -2.36. The Kier molecular flexibility index (Phi) is 4.58. The van der Waals surface area contributed by atoms with Crippen LogP contribution in [0.3, 0.4) is 0 Å². The van der Waals surface area contributed by atoms with Crippen LogP contribution >= 0.6 is 0 Å². The summed E-state index contributed by atoms with van der Waals surface area (Å²) >= 11 is 0. The maximum Gasteiger partial charge on any atom is 0.411 e. The molecule has 1 atom stereocenters. The van der Waals surface area contributed by atoms with Gasteiger partial charge in [0.1, 0.15) is 0 Å². The number of rotatable bonds is 3. The molecule has 1 N–H and O–H groups in total. The predicted octanol–water partition coefficient (Wildman–Crippen LogP) is 4.85. The SMILES string of the molecule is CCOC(=O)Nc1cc2c3c(c1C)CCCN3CCC2c1ccccc1. The fraction of sp³-hybridized carbons (Fsp3) is 0.409. The fourth-order valence-corrected chi connectivity index (χ4v) is 4.45. The highest BCUT2D eigenvalue weighted by Gasteiger charge is 2.32. The van der Waals surface area contributed by atoms with Crippen LogP contribution in [0.15, 0.2) is 36.4 Å². The van der Waals surface area contributed by atoms with Crippen LogP contribution in [-0.2, 0) is 11.2 Å². The van der Waals surface area contributed by atoms with Gasteiger partial charge in [-0.1, -0.05) is 30.3 Å². The van der Waals surface area contributed by atoms with Gasteiger partial charge in [0.05, 0.1) is 6.61 Å². The first kappa shape index (κ1) is 17.0. The second-order valence-electron chi connectivity index (χ2n) is 7.15. The quantitative estimate of drug-likeness (QED) is 0.860. The van der Waals surface area contributed by atoms with Crippen LogP contribution in [0.2, 0.25) is 0 Å². The van der Waals surface area contributed by atoms with Gasteiger partial charge in [-0.3, -0.25) is 5.32 Å². The van der Waals surface area contributed by atoms with Crippen molar-refractivity contribution >= 4 is 17.5 Å². The second-order valence-corrected chi connectivity index (χ2v) is 7.15. The first-order chi connectivity index (χ1) is 12.7. The molecule has 2 heterocycles. The van der Waals surface area contributed by atoms with E-state index in [4.69, 9.17) is 4.74 Å². The zero-order valence-corrected chi connectivity index (χ0v) is 15.5. The number of carbonyl (C=O) groups excluding carboxylic acids is 1. The minimum atomic E-state index is -0.373. The van der Waals surface area contributed by atoms with Crippen molar-refractivity contribution in [2.45, 2.75) is 39.0 Å². The van der Waals surface area contributed by atoms with Crippen LogP contribution in [-0.4, -0.2) is 25.8 Å². The molecule has 0 aliphatic carbocycles. The molecule has 136 valence electrons. The Bertz CT molecular complexity index is 817. The monoisotopic (exact) mass is 350 g/mol. The van der Waals surface area contributed by atoms with E-state index in [1.807, 2.05) is 6.92 Å². The largest absolute Gasteiger partial charge is 0.450 e. The lowest BCUT2D eigenvalue weighted by molar-refractivity contribution is 0.168. The summed E-state index contributed by atoms with van der Waals surface area (Å²) in [6.45, 7) is 6.55. The molecule has 4 heteroatoms. The van der Waals surface area contributed by atoms with Gasteiger partial charge in [0.25, 0.3) is 0 Å². The third kappa shape index (κ3) is 2.94. The van der Waals surface area contributed by atoms with Crippen molar-refractivity contribution in [3.8, 4) is 0 Å². The summed E-state index contributed by atoms with van der Waals surface area (Å²) in [7, 11) is 0. The summed E-state index contributed by atoms with van der Waals surface area (Å²) < 4.78 is 5.10. The van der Waals surface area contributed by atoms with E-state index in [1.54, 1.807) is 0 Å². The smallest absolute Gasteiger partial charge is 0.411 e. The fourth-order valence-electron chi connectivity index (χ4n) is 4.45. The molecule has 0 saturated carbocycles. The van der Waals surface area contributed by atoms with E-state index in [0.29, 0.717) is 12.5 Å². The average Bonchev–Trinajstić information content (AvgIpc) is 2.66. The third-order valence-electron chi connectivity index (χ3n) is 5.66. The molecule has 0 spiro atoms. The molecule has 4 rings (SSSR count). The Hall–Kier alpha value is -2.49. The molecule has 1 amide bonds. The van der Waals surface area contributed by atoms with Crippen LogP contribution in [0.5, 0.6) is 0 Å². The molecule has 0 fully saturated rings. The van der Waals surface area contributed by atoms with Crippen LogP contribution < -0.4 is 10.2 Å². The molecular weight excluding hydrogens is 324 g/mol. The summed E-state index contributed by atoms with van der Waals surface area (Å²) in [5.74, 6) is 0.377. The zero-order chi connectivity index (χ0) is 18.1. The highest BCUT2D eigenvalue weighted by atomic mass is 16.5. The van der Waals surface area contributed by atoms with E-state index in [1.165, 1.54) is 34.4 Å². The molecule has 2 aliphatic heterocycles. The van der Waals surface area contributed by atoms with Crippen LogP contribution in [0, 0.1) is 6.92 Å². The molecule has 26 heavy (non-hydrogen) atoms. The predicted molar refractivity (Wildman–Crippen MR) is 105 cm³/mol. The van der Waals surface area contributed by atoms with Crippen LogP contribution in [0.4, 0.5) is 16.2 Å². The van der Waals surface area contributed by atoms with E-state index in [0.717, 1.165) is 31.6 Å². The molecule has 0 radical (unpaired) electrons.